The first-order valence-electron chi connectivity index (χ1n) is 4.39. The molecule has 0 saturated carbocycles. The largest absolute Gasteiger partial charge is 0.496 e. The molecular formula is C11H15ClFNO. The number of hydrogen-bond donors (Lipinski definition) is 1. The topological polar surface area (TPSA) is 35.2 Å². The Bertz CT molecular complexity index is 330. The van der Waals surface area contributed by atoms with E-state index >= 15 is 0 Å². The summed E-state index contributed by atoms with van der Waals surface area (Å²) in [7, 11) is 1.50. The summed E-state index contributed by atoms with van der Waals surface area (Å²) >= 11 is 0. The first-order chi connectivity index (χ1) is 6.70. The van der Waals surface area contributed by atoms with Crippen molar-refractivity contribution in [1.29, 1.82) is 0 Å². The molecule has 0 aliphatic heterocycles. The summed E-state index contributed by atoms with van der Waals surface area (Å²) in [5, 5.41) is 0. The summed E-state index contributed by atoms with van der Waals surface area (Å²) in [6, 6.07) is 4.27. The highest BCUT2D eigenvalue weighted by Gasteiger charge is 2.15. The summed E-state index contributed by atoms with van der Waals surface area (Å²) in [6.45, 7) is 3.57. The minimum Gasteiger partial charge on any atom is -0.496 e. The zero-order chi connectivity index (χ0) is 10.6. The number of rotatable bonds is 4. The van der Waals surface area contributed by atoms with Crippen molar-refractivity contribution in [1.82, 2.24) is 0 Å². The van der Waals surface area contributed by atoms with Gasteiger partial charge in [0, 0.05) is 11.6 Å². The van der Waals surface area contributed by atoms with Gasteiger partial charge in [0.25, 0.3) is 0 Å². The summed E-state index contributed by atoms with van der Waals surface area (Å²) < 4.78 is 18.5. The molecule has 2 N–H and O–H groups in total. The maximum Gasteiger partial charge on any atom is 0.131 e. The Morgan fingerprint density at radius 3 is 2.80 bits per heavy atom. The number of nitrogens with two attached hydrogens (primary N) is 1. The highest BCUT2D eigenvalue weighted by molar-refractivity contribution is 5.85. The van der Waals surface area contributed by atoms with Crippen LogP contribution < -0.4 is 10.5 Å². The zero-order valence-corrected chi connectivity index (χ0v) is 9.39. The van der Waals surface area contributed by atoms with Crippen molar-refractivity contribution < 1.29 is 9.13 Å². The molecule has 1 aromatic carbocycles. The monoisotopic (exact) mass is 231 g/mol. The smallest absolute Gasteiger partial charge is 0.131 e. The van der Waals surface area contributed by atoms with E-state index in [-0.39, 0.29) is 18.2 Å². The molecular weight excluding hydrogens is 217 g/mol. The molecule has 0 aliphatic rings. The molecule has 0 amide bonds. The van der Waals surface area contributed by atoms with E-state index in [0.717, 1.165) is 0 Å². The molecule has 0 aliphatic carbocycles. The second-order valence-electron chi connectivity index (χ2n) is 2.99. The lowest BCUT2D eigenvalue weighted by Crippen LogP contribution is -2.12. The van der Waals surface area contributed by atoms with E-state index in [1.807, 2.05) is 0 Å². The Morgan fingerprint density at radius 2 is 2.27 bits per heavy atom. The van der Waals surface area contributed by atoms with Crippen LogP contribution in [-0.4, -0.2) is 7.11 Å². The van der Waals surface area contributed by atoms with Crippen molar-refractivity contribution in [2.24, 2.45) is 5.73 Å². The third-order valence-corrected chi connectivity index (χ3v) is 2.02. The lowest BCUT2D eigenvalue weighted by molar-refractivity contribution is 0.399. The van der Waals surface area contributed by atoms with Crippen LogP contribution in [0.15, 0.2) is 30.9 Å². The molecule has 0 unspecified atom stereocenters. The van der Waals surface area contributed by atoms with Crippen LogP contribution >= 0.6 is 12.4 Å². The highest BCUT2D eigenvalue weighted by atomic mass is 35.5. The average molecular weight is 232 g/mol. The fourth-order valence-electron chi connectivity index (χ4n) is 1.35. The van der Waals surface area contributed by atoms with Gasteiger partial charge in [0.05, 0.1) is 7.11 Å². The minimum atomic E-state index is -0.399. The van der Waals surface area contributed by atoms with E-state index in [0.29, 0.717) is 17.7 Å². The lowest BCUT2D eigenvalue weighted by Gasteiger charge is -2.14. The Morgan fingerprint density at radius 1 is 1.60 bits per heavy atom. The van der Waals surface area contributed by atoms with Gasteiger partial charge in [0.15, 0.2) is 0 Å². The number of ether oxygens (including phenoxy) is 1. The van der Waals surface area contributed by atoms with Gasteiger partial charge in [-0.25, -0.2) is 4.39 Å². The normalized spacial score (nSPS) is 11.4. The van der Waals surface area contributed by atoms with Crippen LogP contribution in [0.5, 0.6) is 5.75 Å². The predicted molar refractivity (Wildman–Crippen MR) is 61.9 cm³/mol. The number of benzene rings is 1. The van der Waals surface area contributed by atoms with Crippen LogP contribution in [0, 0.1) is 5.82 Å². The molecule has 2 nitrogen and oxygen atoms in total. The van der Waals surface area contributed by atoms with Gasteiger partial charge >= 0.3 is 0 Å². The molecule has 84 valence electrons. The number of hydrogen-bond acceptors (Lipinski definition) is 2. The molecule has 0 bridgehead atoms. The molecule has 0 heterocycles. The van der Waals surface area contributed by atoms with Gasteiger partial charge < -0.3 is 10.5 Å². The average Bonchev–Trinajstić information content (AvgIpc) is 2.17. The van der Waals surface area contributed by atoms with Gasteiger partial charge in [-0.1, -0.05) is 12.1 Å². The maximum atomic E-state index is 13.4. The summed E-state index contributed by atoms with van der Waals surface area (Å²) in [4.78, 5) is 0. The van der Waals surface area contributed by atoms with Crippen LogP contribution in [0.4, 0.5) is 4.39 Å². The Balaban J connectivity index is 0.00000196. The van der Waals surface area contributed by atoms with Gasteiger partial charge in [-0.3, -0.25) is 0 Å². The second kappa shape index (κ2) is 6.43. The molecule has 0 radical (unpaired) electrons. The van der Waals surface area contributed by atoms with E-state index in [1.165, 1.54) is 13.2 Å². The van der Waals surface area contributed by atoms with Crippen LogP contribution in [0.3, 0.4) is 0 Å². The van der Waals surface area contributed by atoms with Crippen molar-refractivity contribution >= 4 is 12.4 Å². The quantitative estimate of drug-likeness (QED) is 0.809. The Hall–Kier alpha value is -1.06. The standard InChI is InChI=1S/C11H14FNO.ClH/c1-3-5-9(13)11-8(12)6-4-7-10(11)14-2;/h3-4,6-7,9H,1,5,13H2,2H3;1H/t9-;/m1./s1. The van der Waals surface area contributed by atoms with Crippen molar-refractivity contribution in [2.75, 3.05) is 7.11 Å². The fraction of sp³-hybridized carbons (Fsp3) is 0.273. The molecule has 0 aromatic heterocycles. The van der Waals surface area contributed by atoms with E-state index < -0.39 is 6.04 Å². The van der Waals surface area contributed by atoms with Crippen molar-refractivity contribution in [3.05, 3.63) is 42.2 Å². The number of halogens is 2. The third kappa shape index (κ3) is 3.22. The third-order valence-electron chi connectivity index (χ3n) is 2.02. The van der Waals surface area contributed by atoms with Gasteiger partial charge in [-0.05, 0) is 18.6 Å². The van der Waals surface area contributed by atoms with Crippen LogP contribution in [0.25, 0.3) is 0 Å². The molecule has 1 rings (SSSR count). The molecule has 4 heteroatoms. The maximum absolute atomic E-state index is 13.4. The van der Waals surface area contributed by atoms with E-state index in [4.69, 9.17) is 10.5 Å². The van der Waals surface area contributed by atoms with Crippen molar-refractivity contribution in [3.63, 3.8) is 0 Å². The van der Waals surface area contributed by atoms with E-state index in [9.17, 15) is 4.39 Å². The summed E-state index contributed by atoms with van der Waals surface area (Å²) in [5.74, 6) is 0.151. The summed E-state index contributed by atoms with van der Waals surface area (Å²) in [5.41, 5.74) is 6.20. The minimum absolute atomic E-state index is 0. The number of methoxy groups -OCH3 is 1. The Kier molecular flexibility index (Phi) is 5.97. The fourth-order valence-corrected chi connectivity index (χ4v) is 1.35. The first kappa shape index (κ1) is 13.9. The Labute approximate surface area is 95.3 Å². The zero-order valence-electron chi connectivity index (χ0n) is 8.57. The lowest BCUT2D eigenvalue weighted by atomic mass is 10.0. The molecule has 0 spiro atoms. The molecule has 0 fully saturated rings. The SMILES string of the molecule is C=CC[C@@H](N)c1c(F)cccc1OC.Cl. The van der Waals surface area contributed by atoms with Gasteiger partial charge in [0.1, 0.15) is 11.6 Å². The van der Waals surface area contributed by atoms with Crippen LogP contribution in [0.1, 0.15) is 18.0 Å². The molecule has 0 saturated heterocycles. The van der Waals surface area contributed by atoms with Gasteiger partial charge in [-0.2, -0.15) is 0 Å². The molecule has 15 heavy (non-hydrogen) atoms. The van der Waals surface area contributed by atoms with Crippen LogP contribution in [-0.2, 0) is 0 Å². The molecule has 1 atom stereocenters. The first-order valence-corrected chi connectivity index (χ1v) is 4.39. The van der Waals surface area contributed by atoms with E-state index in [2.05, 4.69) is 6.58 Å². The van der Waals surface area contributed by atoms with Crippen molar-refractivity contribution in [2.45, 2.75) is 12.5 Å². The second-order valence-corrected chi connectivity index (χ2v) is 2.99. The van der Waals surface area contributed by atoms with Crippen molar-refractivity contribution in [3.8, 4) is 5.75 Å². The summed E-state index contributed by atoms with van der Waals surface area (Å²) in [6.07, 6.45) is 2.19. The van der Waals surface area contributed by atoms with Gasteiger partial charge in [-0.15, -0.1) is 19.0 Å². The molecule has 1 aromatic rings. The predicted octanol–water partition coefficient (Wildman–Crippen LogP) is 2.83. The van der Waals surface area contributed by atoms with Crippen LogP contribution in [0.2, 0.25) is 0 Å². The highest BCUT2D eigenvalue weighted by Crippen LogP contribution is 2.28. The van der Waals surface area contributed by atoms with Gasteiger partial charge in [0.2, 0.25) is 0 Å². The van der Waals surface area contributed by atoms with E-state index in [1.54, 1.807) is 18.2 Å².